The van der Waals surface area contributed by atoms with E-state index in [0.717, 1.165) is 96.3 Å². The van der Waals surface area contributed by atoms with Gasteiger partial charge in [-0.05, 0) is 122 Å². The highest BCUT2D eigenvalue weighted by molar-refractivity contribution is 5.71. The van der Waals surface area contributed by atoms with Gasteiger partial charge in [0.05, 0.1) is 0 Å². The van der Waals surface area contributed by atoms with Crippen molar-refractivity contribution in [2.24, 2.45) is 0 Å². The molecular weight excluding hydrogens is 973 g/mol. The van der Waals surface area contributed by atoms with Crippen LogP contribution >= 0.6 is 0 Å². The monoisotopic (exact) mass is 1100 g/mol. The standard InChI is InChI=1S/C73H126O6/c1-4-7-10-13-16-19-22-25-28-30-32-34-35-36-37-39-40-42-45-48-51-54-57-60-63-66-72(75)78-69-70(68-77-71(74)65-62-59-56-53-50-47-44-27-24-21-18-15-12-9-6-3)79-73(76)67-64-61-58-55-52-49-46-43-41-38-33-31-29-26-23-20-17-14-11-8-5-2/h9,12,18,21-23,25-27,30-33,44,50,53,70H,4-8,10-11,13-17,19-20,24,28-29,34-43,45-49,51-52,54-69H2,1-3H3/b12-9-,21-18-,25-22-,26-23-,32-30-,33-31-,44-27-,53-50-. The number of esters is 3. The number of hydrogen-bond donors (Lipinski definition) is 0. The summed E-state index contributed by atoms with van der Waals surface area (Å²) in [5, 5.41) is 0. The molecule has 0 spiro atoms. The molecule has 0 aliphatic rings. The quantitative estimate of drug-likeness (QED) is 0.0261. The second-order valence-corrected chi connectivity index (χ2v) is 22.3. The fraction of sp³-hybridized carbons (Fsp3) is 0.740. The Bertz CT molecular complexity index is 1540. The maximum atomic E-state index is 12.9. The molecule has 0 aromatic heterocycles. The summed E-state index contributed by atoms with van der Waals surface area (Å²) < 4.78 is 16.9. The lowest BCUT2D eigenvalue weighted by molar-refractivity contribution is -0.167. The van der Waals surface area contributed by atoms with Crippen LogP contribution in [0, 0.1) is 0 Å². The molecule has 0 saturated carbocycles. The van der Waals surface area contributed by atoms with Gasteiger partial charge < -0.3 is 14.2 Å². The van der Waals surface area contributed by atoms with Gasteiger partial charge in [-0.2, -0.15) is 0 Å². The number of carbonyl (C=O) groups excluding carboxylic acids is 3. The van der Waals surface area contributed by atoms with E-state index in [1.165, 1.54) is 193 Å². The van der Waals surface area contributed by atoms with Gasteiger partial charge in [-0.15, -0.1) is 0 Å². The number of hydrogen-bond acceptors (Lipinski definition) is 6. The van der Waals surface area contributed by atoms with Crippen LogP contribution in [0.25, 0.3) is 0 Å². The highest BCUT2D eigenvalue weighted by Crippen LogP contribution is 2.16. The lowest BCUT2D eigenvalue weighted by Crippen LogP contribution is -2.30. The Morgan fingerprint density at radius 2 is 0.494 bits per heavy atom. The smallest absolute Gasteiger partial charge is 0.306 e. The van der Waals surface area contributed by atoms with Gasteiger partial charge in [0, 0.05) is 19.3 Å². The van der Waals surface area contributed by atoms with Crippen molar-refractivity contribution in [3.8, 4) is 0 Å². The first-order chi connectivity index (χ1) is 39.0. The van der Waals surface area contributed by atoms with Crippen LogP contribution in [0.2, 0.25) is 0 Å². The highest BCUT2D eigenvalue weighted by Gasteiger charge is 2.19. The van der Waals surface area contributed by atoms with Crippen LogP contribution in [0.15, 0.2) is 97.2 Å². The van der Waals surface area contributed by atoms with Crippen molar-refractivity contribution < 1.29 is 28.6 Å². The zero-order valence-corrected chi connectivity index (χ0v) is 52.1. The average Bonchev–Trinajstić information content (AvgIpc) is 3.45. The molecule has 0 fully saturated rings. The van der Waals surface area contributed by atoms with Gasteiger partial charge >= 0.3 is 17.9 Å². The summed E-state index contributed by atoms with van der Waals surface area (Å²) in [5.74, 6) is -0.928. The van der Waals surface area contributed by atoms with E-state index >= 15 is 0 Å². The van der Waals surface area contributed by atoms with Gasteiger partial charge in [-0.1, -0.05) is 285 Å². The number of carbonyl (C=O) groups is 3. The molecule has 6 heteroatoms. The summed E-state index contributed by atoms with van der Waals surface area (Å²) in [6.07, 6.45) is 90.0. The molecule has 0 amide bonds. The van der Waals surface area contributed by atoms with Gasteiger partial charge in [0.1, 0.15) is 13.2 Å². The summed E-state index contributed by atoms with van der Waals surface area (Å²) in [7, 11) is 0. The Balaban J connectivity index is 4.36. The predicted octanol–water partition coefficient (Wildman–Crippen LogP) is 23.2. The van der Waals surface area contributed by atoms with Crippen molar-refractivity contribution in [3.05, 3.63) is 97.2 Å². The number of unbranched alkanes of at least 4 members (excludes halogenated alkanes) is 34. The third-order valence-corrected chi connectivity index (χ3v) is 14.5. The SMILES string of the molecule is CC/C=C\C/C=C\C/C=C\C/C=C\CCCCC(=O)OCC(COC(=O)CCCCCCCCCCCCCCC/C=C\C/C=C\CCCCCCC)OC(=O)CCCCCCCCCCC/C=C\C/C=C\CCCCCCC. The maximum Gasteiger partial charge on any atom is 0.306 e. The molecule has 0 aromatic rings. The van der Waals surface area contributed by atoms with Gasteiger partial charge in [0.15, 0.2) is 6.10 Å². The molecule has 0 saturated heterocycles. The van der Waals surface area contributed by atoms with Gasteiger partial charge in [-0.3, -0.25) is 14.4 Å². The first-order valence-corrected chi connectivity index (χ1v) is 33.7. The van der Waals surface area contributed by atoms with Crippen molar-refractivity contribution in [1.82, 2.24) is 0 Å². The normalized spacial score (nSPS) is 12.7. The molecule has 0 rings (SSSR count). The van der Waals surface area contributed by atoms with E-state index in [1.54, 1.807) is 0 Å². The summed E-state index contributed by atoms with van der Waals surface area (Å²) >= 11 is 0. The van der Waals surface area contributed by atoms with Crippen molar-refractivity contribution in [3.63, 3.8) is 0 Å². The summed E-state index contributed by atoms with van der Waals surface area (Å²) in [4.78, 5) is 38.4. The van der Waals surface area contributed by atoms with Crippen LogP contribution in [-0.4, -0.2) is 37.2 Å². The molecule has 6 nitrogen and oxygen atoms in total. The second kappa shape index (κ2) is 66.8. The molecule has 0 N–H and O–H groups in total. The fourth-order valence-corrected chi connectivity index (χ4v) is 9.50. The molecule has 79 heavy (non-hydrogen) atoms. The van der Waals surface area contributed by atoms with Crippen LogP contribution in [0.3, 0.4) is 0 Å². The van der Waals surface area contributed by atoms with E-state index in [9.17, 15) is 14.4 Å². The Hall–Kier alpha value is -3.67. The van der Waals surface area contributed by atoms with Gasteiger partial charge in [0.25, 0.3) is 0 Å². The topological polar surface area (TPSA) is 78.9 Å². The van der Waals surface area contributed by atoms with Crippen molar-refractivity contribution in [1.29, 1.82) is 0 Å². The molecular formula is C73H126O6. The molecule has 0 aromatic carbocycles. The minimum absolute atomic E-state index is 0.0919. The number of rotatable bonds is 61. The number of ether oxygens (including phenoxy) is 3. The third kappa shape index (κ3) is 65.0. The van der Waals surface area contributed by atoms with E-state index in [1.807, 2.05) is 0 Å². The van der Waals surface area contributed by atoms with E-state index < -0.39 is 6.10 Å². The van der Waals surface area contributed by atoms with Crippen molar-refractivity contribution >= 4 is 17.9 Å². The Morgan fingerprint density at radius 1 is 0.266 bits per heavy atom. The first kappa shape index (κ1) is 75.3. The van der Waals surface area contributed by atoms with E-state index in [-0.39, 0.29) is 31.1 Å². The molecule has 0 aliphatic heterocycles. The molecule has 1 atom stereocenters. The highest BCUT2D eigenvalue weighted by atomic mass is 16.6. The zero-order valence-electron chi connectivity index (χ0n) is 52.1. The molecule has 454 valence electrons. The van der Waals surface area contributed by atoms with Gasteiger partial charge in [0.2, 0.25) is 0 Å². The largest absolute Gasteiger partial charge is 0.462 e. The zero-order chi connectivity index (χ0) is 57.1. The molecule has 0 radical (unpaired) electrons. The lowest BCUT2D eigenvalue weighted by atomic mass is 10.0. The van der Waals surface area contributed by atoms with Crippen molar-refractivity contribution in [2.75, 3.05) is 13.2 Å². The van der Waals surface area contributed by atoms with E-state index in [0.29, 0.717) is 19.3 Å². The second-order valence-electron chi connectivity index (χ2n) is 22.3. The van der Waals surface area contributed by atoms with Crippen molar-refractivity contribution in [2.45, 2.75) is 335 Å². The van der Waals surface area contributed by atoms with Gasteiger partial charge in [-0.25, -0.2) is 0 Å². The van der Waals surface area contributed by atoms with E-state index in [4.69, 9.17) is 14.2 Å². The minimum atomic E-state index is -0.800. The predicted molar refractivity (Wildman–Crippen MR) is 344 cm³/mol. The molecule has 1 unspecified atom stereocenters. The Morgan fingerprint density at radius 3 is 0.797 bits per heavy atom. The fourth-order valence-electron chi connectivity index (χ4n) is 9.50. The van der Waals surface area contributed by atoms with Crippen LogP contribution in [-0.2, 0) is 28.6 Å². The third-order valence-electron chi connectivity index (χ3n) is 14.5. The van der Waals surface area contributed by atoms with Crippen LogP contribution < -0.4 is 0 Å². The minimum Gasteiger partial charge on any atom is -0.462 e. The Labute approximate surface area is 489 Å². The van der Waals surface area contributed by atoms with E-state index in [2.05, 4.69) is 118 Å². The Kier molecular flexibility index (Phi) is 63.7. The first-order valence-electron chi connectivity index (χ1n) is 33.7. The average molecular weight is 1100 g/mol. The molecule has 0 bridgehead atoms. The van der Waals surface area contributed by atoms with Crippen LogP contribution in [0.1, 0.15) is 329 Å². The molecule has 0 heterocycles. The maximum absolute atomic E-state index is 12.9. The lowest BCUT2D eigenvalue weighted by Gasteiger charge is -2.18. The molecule has 0 aliphatic carbocycles. The number of allylic oxidation sites excluding steroid dienone is 16. The summed E-state index contributed by atoms with van der Waals surface area (Å²) in [5.41, 5.74) is 0. The summed E-state index contributed by atoms with van der Waals surface area (Å²) in [6.45, 7) is 6.50. The van der Waals surface area contributed by atoms with Crippen LogP contribution in [0.4, 0.5) is 0 Å². The van der Waals surface area contributed by atoms with Crippen LogP contribution in [0.5, 0.6) is 0 Å². The summed E-state index contributed by atoms with van der Waals surface area (Å²) in [6, 6.07) is 0.